The van der Waals surface area contributed by atoms with Crippen molar-refractivity contribution in [1.29, 1.82) is 0 Å². The molecule has 0 rings (SSSR count). The lowest BCUT2D eigenvalue weighted by atomic mass is 9.91. The molecule has 0 saturated heterocycles. The van der Waals surface area contributed by atoms with Gasteiger partial charge in [-0.2, -0.15) is 0 Å². The fourth-order valence-electron chi connectivity index (χ4n) is 6.28. The number of allylic oxidation sites excluding steroid dienone is 2. The van der Waals surface area contributed by atoms with Gasteiger partial charge in [-0.05, 0) is 57.8 Å². The molecule has 0 aliphatic heterocycles. The van der Waals surface area contributed by atoms with E-state index in [0.717, 1.165) is 32.1 Å². The van der Waals surface area contributed by atoms with Crippen LogP contribution >= 0.6 is 0 Å². The number of quaternary nitrogens is 1. The number of hydrogen-bond acceptors (Lipinski definition) is 3. The highest BCUT2D eigenvalue weighted by Gasteiger charge is 2.56. The number of hydrogen-bond donors (Lipinski definition) is 3. The van der Waals surface area contributed by atoms with E-state index < -0.39 is 36.0 Å². The summed E-state index contributed by atoms with van der Waals surface area (Å²) in [6, 6.07) is -3.15. The van der Waals surface area contributed by atoms with Crippen LogP contribution in [0.15, 0.2) is 12.2 Å². The Morgan fingerprint density at radius 1 is 0.500 bits per heavy atom. The van der Waals surface area contributed by atoms with E-state index in [9.17, 15) is 29.7 Å². The van der Waals surface area contributed by atoms with E-state index in [1.54, 1.807) is 0 Å². The van der Waals surface area contributed by atoms with Crippen molar-refractivity contribution in [2.45, 2.75) is 174 Å². The lowest BCUT2D eigenvalue weighted by Gasteiger charge is -2.50. The number of nitrogens with zero attached hydrogens (tertiary/aromatic N) is 1. The first kappa shape index (κ1) is 38.1. The van der Waals surface area contributed by atoms with Gasteiger partial charge in [-0.3, -0.25) is 4.48 Å². The fourth-order valence-corrected chi connectivity index (χ4v) is 6.28. The Kier molecular flexibility index (Phi) is 22.7. The van der Waals surface area contributed by atoms with Crippen LogP contribution in [0.4, 0.5) is 0 Å². The minimum atomic E-state index is -1.09. The third-order valence-corrected chi connectivity index (χ3v) is 8.34. The predicted octanol–water partition coefficient (Wildman–Crippen LogP) is 8.60. The molecule has 3 unspecified atom stereocenters. The number of carboxylic acid groups (broad SMARTS) is 3. The normalized spacial score (nSPS) is 15.5. The Labute approximate surface area is 245 Å². The molecule has 0 radical (unpaired) electrons. The van der Waals surface area contributed by atoms with Crippen LogP contribution in [-0.4, -0.2) is 62.4 Å². The fraction of sp³-hybridized carbons (Fsp3) is 0.848. The zero-order valence-corrected chi connectivity index (χ0v) is 26.2. The molecule has 3 atom stereocenters. The van der Waals surface area contributed by atoms with Crippen LogP contribution in [0.25, 0.3) is 0 Å². The van der Waals surface area contributed by atoms with Gasteiger partial charge in [0, 0.05) is 19.3 Å². The van der Waals surface area contributed by atoms with Crippen LogP contribution < -0.4 is 0 Å². The Balaban J connectivity index is 5.16. The topological polar surface area (TPSA) is 112 Å². The first-order chi connectivity index (χ1) is 19.2. The average Bonchev–Trinajstić information content (AvgIpc) is 2.91. The van der Waals surface area contributed by atoms with Gasteiger partial charge in [-0.15, -0.1) is 0 Å². The maximum atomic E-state index is 12.6. The minimum absolute atomic E-state index is 0.263. The first-order valence-electron chi connectivity index (χ1n) is 16.4. The zero-order valence-electron chi connectivity index (χ0n) is 26.2. The molecular weight excluding hydrogens is 506 g/mol. The SMILES string of the molecule is CCCCCCCCCC/C=C/CCCCCC[N+](C(CCC)C(=O)O)(C(CCC)C(=O)O)C(CCC)C(=O)O. The third kappa shape index (κ3) is 14.1. The predicted molar refractivity (Wildman–Crippen MR) is 164 cm³/mol. The maximum Gasteiger partial charge on any atom is 0.362 e. The van der Waals surface area contributed by atoms with Gasteiger partial charge in [0.1, 0.15) is 0 Å². The lowest BCUT2D eigenvalue weighted by Crippen LogP contribution is -2.72. The summed E-state index contributed by atoms with van der Waals surface area (Å²) in [5, 5.41) is 30.8. The molecule has 0 saturated carbocycles. The van der Waals surface area contributed by atoms with E-state index in [1.807, 2.05) is 20.8 Å². The molecule has 0 spiro atoms. The molecule has 0 bridgehead atoms. The Hall–Kier alpha value is -1.89. The molecule has 0 aliphatic carbocycles. The van der Waals surface area contributed by atoms with E-state index in [-0.39, 0.29) is 30.3 Å². The number of carboxylic acids is 3. The molecule has 40 heavy (non-hydrogen) atoms. The number of unbranched alkanes of at least 4 members (excludes halogenated alkanes) is 12. The molecule has 0 fully saturated rings. The van der Waals surface area contributed by atoms with Crippen LogP contribution in [0.3, 0.4) is 0 Å². The van der Waals surface area contributed by atoms with Gasteiger partial charge in [0.15, 0.2) is 18.1 Å². The van der Waals surface area contributed by atoms with E-state index in [4.69, 9.17) is 0 Å². The summed E-state index contributed by atoms with van der Waals surface area (Å²) in [4.78, 5) is 37.7. The van der Waals surface area contributed by atoms with Gasteiger partial charge < -0.3 is 15.3 Å². The van der Waals surface area contributed by atoms with Crippen molar-refractivity contribution >= 4 is 17.9 Å². The van der Waals surface area contributed by atoms with Gasteiger partial charge in [0.2, 0.25) is 0 Å². The third-order valence-electron chi connectivity index (χ3n) is 8.34. The zero-order chi connectivity index (χ0) is 30.2. The Morgan fingerprint density at radius 3 is 1.15 bits per heavy atom. The number of carbonyl (C=O) groups is 3. The number of aliphatic carboxylic acids is 3. The van der Waals surface area contributed by atoms with Gasteiger partial charge in [-0.25, -0.2) is 14.4 Å². The molecule has 7 nitrogen and oxygen atoms in total. The highest BCUT2D eigenvalue weighted by Crippen LogP contribution is 2.34. The van der Waals surface area contributed by atoms with E-state index in [1.165, 1.54) is 51.4 Å². The van der Waals surface area contributed by atoms with Crippen molar-refractivity contribution in [2.24, 2.45) is 0 Å². The van der Waals surface area contributed by atoms with Crippen molar-refractivity contribution in [3.8, 4) is 0 Å². The van der Waals surface area contributed by atoms with Gasteiger partial charge in [0.05, 0.1) is 6.54 Å². The van der Waals surface area contributed by atoms with Crippen molar-refractivity contribution < 1.29 is 34.2 Å². The van der Waals surface area contributed by atoms with Crippen LogP contribution in [-0.2, 0) is 14.4 Å². The smallest absolute Gasteiger partial charge is 0.362 e. The van der Waals surface area contributed by atoms with E-state index in [2.05, 4.69) is 19.1 Å². The lowest BCUT2D eigenvalue weighted by molar-refractivity contribution is -0.973. The van der Waals surface area contributed by atoms with Gasteiger partial charge in [0.25, 0.3) is 0 Å². The quantitative estimate of drug-likeness (QED) is 0.0495. The molecule has 0 heterocycles. The molecule has 0 aromatic carbocycles. The van der Waals surface area contributed by atoms with Gasteiger partial charge >= 0.3 is 17.9 Å². The van der Waals surface area contributed by atoms with Crippen LogP contribution in [0.5, 0.6) is 0 Å². The van der Waals surface area contributed by atoms with E-state index >= 15 is 0 Å². The van der Waals surface area contributed by atoms with Crippen molar-refractivity contribution in [2.75, 3.05) is 6.54 Å². The van der Waals surface area contributed by atoms with Crippen LogP contribution in [0.1, 0.15) is 156 Å². The second-order valence-electron chi connectivity index (χ2n) is 11.6. The summed E-state index contributed by atoms with van der Waals surface area (Å²) >= 11 is 0. The highest BCUT2D eigenvalue weighted by molar-refractivity contribution is 5.78. The second kappa shape index (κ2) is 23.8. The second-order valence-corrected chi connectivity index (χ2v) is 11.6. The molecule has 0 aromatic rings. The highest BCUT2D eigenvalue weighted by atomic mass is 16.4. The molecule has 0 aliphatic rings. The molecule has 3 N–H and O–H groups in total. The summed E-state index contributed by atoms with van der Waals surface area (Å²) in [6.45, 7) is 8.13. The van der Waals surface area contributed by atoms with Gasteiger partial charge in [-0.1, -0.05) is 91.2 Å². The first-order valence-corrected chi connectivity index (χ1v) is 16.4. The molecule has 234 valence electrons. The summed E-state index contributed by atoms with van der Waals surface area (Å²) < 4.78 is -0.381. The molecule has 0 aromatic heterocycles. The minimum Gasteiger partial charge on any atom is -0.477 e. The van der Waals surface area contributed by atoms with Crippen LogP contribution in [0, 0.1) is 0 Å². The monoisotopic (exact) mass is 568 g/mol. The largest absolute Gasteiger partial charge is 0.477 e. The van der Waals surface area contributed by atoms with Crippen LogP contribution in [0.2, 0.25) is 0 Å². The standard InChI is InChI=1S/C33H61NO6/c1-5-9-10-11-12-13-14-15-16-17-18-19-20-21-22-23-27-34(28(24-6-2)31(35)36,29(25-7-3)32(37)38)30(26-8-4)33(39)40/h17-18,28-30H,5-16,19-27H2,1-4H3,(H2-,35,36,37,38,39,40)/p+1/b18-17+. The summed E-state index contributed by atoms with van der Waals surface area (Å²) in [5.74, 6) is -3.27. The summed E-state index contributed by atoms with van der Waals surface area (Å²) in [6.07, 6.45) is 23.2. The molecule has 7 heteroatoms. The Bertz CT molecular complexity index is 647. The summed E-state index contributed by atoms with van der Waals surface area (Å²) in [5.41, 5.74) is 0. The molecule has 0 amide bonds. The van der Waals surface area contributed by atoms with Crippen molar-refractivity contribution in [3.63, 3.8) is 0 Å². The van der Waals surface area contributed by atoms with E-state index in [0.29, 0.717) is 25.7 Å². The van der Waals surface area contributed by atoms with Crippen molar-refractivity contribution in [3.05, 3.63) is 12.2 Å². The van der Waals surface area contributed by atoms with Crippen molar-refractivity contribution in [1.82, 2.24) is 0 Å². The average molecular weight is 569 g/mol. The Morgan fingerprint density at radius 2 is 0.825 bits per heavy atom. The number of rotatable bonds is 28. The molecular formula is C33H62NO6+. The summed E-state index contributed by atoms with van der Waals surface area (Å²) in [7, 11) is 0. The maximum absolute atomic E-state index is 12.6.